The van der Waals surface area contributed by atoms with Crippen LogP contribution < -0.4 is 14.5 Å². The van der Waals surface area contributed by atoms with Gasteiger partial charge in [-0.15, -0.1) is 0 Å². The minimum Gasteiger partial charge on any atom is -0.426 e. The summed E-state index contributed by atoms with van der Waals surface area (Å²) < 4.78 is 5.54. The highest BCUT2D eigenvalue weighted by molar-refractivity contribution is 6.22. The molecule has 35 heavy (non-hydrogen) atoms. The lowest BCUT2D eigenvalue weighted by Gasteiger charge is -2.18. The van der Waals surface area contributed by atoms with Gasteiger partial charge in [0, 0.05) is 18.7 Å². The molecule has 2 fully saturated rings. The first-order valence-corrected chi connectivity index (χ1v) is 11.9. The molecule has 2 saturated heterocycles. The summed E-state index contributed by atoms with van der Waals surface area (Å²) >= 11 is 0. The first kappa shape index (κ1) is 23.0. The number of hydrogen-bond acceptors (Lipinski definition) is 5. The molecule has 0 bridgehead atoms. The highest BCUT2D eigenvalue weighted by Crippen LogP contribution is 2.40. The molecule has 2 heterocycles. The van der Waals surface area contributed by atoms with Crippen molar-refractivity contribution in [1.29, 1.82) is 0 Å². The summed E-state index contributed by atoms with van der Waals surface area (Å²) in [5.41, 5.74) is 4.51. The zero-order chi connectivity index (χ0) is 24.9. The predicted molar refractivity (Wildman–Crippen MR) is 131 cm³/mol. The summed E-state index contributed by atoms with van der Waals surface area (Å²) in [4.78, 5) is 54.0. The van der Waals surface area contributed by atoms with Crippen LogP contribution in [0.5, 0.6) is 5.75 Å². The van der Waals surface area contributed by atoms with E-state index < -0.39 is 11.9 Å². The normalized spacial score (nSPS) is 24.0. The highest BCUT2D eigenvalue weighted by Gasteiger charge is 2.48. The van der Waals surface area contributed by atoms with Gasteiger partial charge in [-0.2, -0.15) is 0 Å². The number of anilines is 2. The molecule has 0 unspecified atom stereocenters. The van der Waals surface area contributed by atoms with Crippen LogP contribution in [-0.4, -0.2) is 30.2 Å². The monoisotopic (exact) mass is 472 g/mol. The number of hydrogen-bond donors (Lipinski definition) is 0. The van der Waals surface area contributed by atoms with E-state index in [2.05, 4.69) is 0 Å². The highest BCUT2D eigenvalue weighted by atomic mass is 16.5. The van der Waals surface area contributed by atoms with Crippen LogP contribution in [0.1, 0.15) is 37.3 Å². The molecule has 0 aromatic heterocycles. The number of esters is 1. The fourth-order valence-electron chi connectivity index (χ4n) is 5.38. The van der Waals surface area contributed by atoms with Gasteiger partial charge in [-0.3, -0.25) is 24.1 Å². The topological polar surface area (TPSA) is 84.0 Å². The van der Waals surface area contributed by atoms with E-state index in [9.17, 15) is 19.2 Å². The first-order chi connectivity index (χ1) is 16.7. The summed E-state index contributed by atoms with van der Waals surface area (Å²) in [5.74, 6) is -1.79. The Hall–Kier alpha value is -3.74. The Morgan fingerprint density at radius 1 is 0.857 bits per heavy atom. The van der Waals surface area contributed by atoms with E-state index in [4.69, 9.17) is 4.74 Å². The lowest BCUT2D eigenvalue weighted by molar-refractivity contribution is -0.139. The summed E-state index contributed by atoms with van der Waals surface area (Å²) in [5, 5.41) is 0. The molecular weight excluding hydrogens is 444 g/mol. The number of ether oxygens (including phenoxy) is 1. The third-order valence-corrected chi connectivity index (χ3v) is 7.11. The summed E-state index contributed by atoms with van der Waals surface area (Å²) in [6, 6.07) is 12.3. The molecular formula is C28H28N2O5. The molecule has 0 saturated carbocycles. The lowest BCUT2D eigenvalue weighted by atomic mass is 9.82. The zero-order valence-electron chi connectivity index (χ0n) is 20.1. The van der Waals surface area contributed by atoms with Gasteiger partial charge in [0.05, 0.1) is 23.4 Å². The van der Waals surface area contributed by atoms with Crippen LogP contribution in [0.2, 0.25) is 0 Å². The van der Waals surface area contributed by atoms with Crippen LogP contribution in [0.3, 0.4) is 0 Å². The van der Waals surface area contributed by atoms with Crippen LogP contribution in [-0.2, 0) is 19.2 Å². The second kappa shape index (κ2) is 8.80. The zero-order valence-corrected chi connectivity index (χ0v) is 20.1. The number of allylic oxidation sites excluding steroid dienone is 2. The van der Waals surface area contributed by atoms with Crippen LogP contribution in [0.4, 0.5) is 11.4 Å². The number of aryl methyl sites for hydroxylation is 2. The molecule has 2 aromatic rings. The Labute approximate surface area is 204 Å². The fraction of sp³-hybridized carbons (Fsp3) is 0.357. The third-order valence-electron chi connectivity index (χ3n) is 7.11. The summed E-state index contributed by atoms with van der Waals surface area (Å²) in [6.07, 6.45) is 3.33. The van der Waals surface area contributed by atoms with E-state index in [1.165, 1.54) is 4.90 Å². The van der Waals surface area contributed by atoms with Gasteiger partial charge in [0.15, 0.2) is 0 Å². The molecule has 0 radical (unpaired) electrons. The number of imide groups is 1. The van der Waals surface area contributed by atoms with Crippen molar-refractivity contribution < 1.29 is 23.9 Å². The maximum atomic E-state index is 12.9. The molecule has 3 atom stereocenters. The molecule has 1 aliphatic carbocycles. The number of rotatable bonds is 4. The van der Waals surface area contributed by atoms with Crippen LogP contribution >= 0.6 is 0 Å². The molecule has 180 valence electrons. The lowest BCUT2D eigenvalue weighted by Crippen LogP contribution is -2.30. The first-order valence-electron chi connectivity index (χ1n) is 11.9. The van der Waals surface area contributed by atoms with E-state index in [0.29, 0.717) is 24.3 Å². The largest absolute Gasteiger partial charge is 0.426 e. The van der Waals surface area contributed by atoms with E-state index in [1.807, 2.05) is 45.0 Å². The van der Waals surface area contributed by atoms with Crippen LogP contribution in [0, 0.1) is 31.6 Å². The molecule has 0 spiro atoms. The van der Waals surface area contributed by atoms with Gasteiger partial charge in [0.2, 0.25) is 17.7 Å². The molecule has 7 heteroatoms. The van der Waals surface area contributed by atoms with E-state index in [-0.39, 0.29) is 42.5 Å². The fourth-order valence-corrected chi connectivity index (χ4v) is 5.38. The maximum Gasteiger partial charge on any atom is 0.316 e. The molecule has 3 amide bonds. The Morgan fingerprint density at radius 3 is 2.20 bits per heavy atom. The quantitative estimate of drug-likeness (QED) is 0.289. The van der Waals surface area contributed by atoms with Crippen molar-refractivity contribution in [2.75, 3.05) is 16.3 Å². The number of benzene rings is 2. The molecule has 7 nitrogen and oxygen atoms in total. The average molecular weight is 473 g/mol. The predicted octanol–water partition coefficient (Wildman–Crippen LogP) is 4.11. The van der Waals surface area contributed by atoms with Gasteiger partial charge < -0.3 is 9.64 Å². The molecule has 5 rings (SSSR count). The maximum absolute atomic E-state index is 12.9. The number of fused-ring (bicyclic) bond motifs is 1. The number of nitrogens with zero attached hydrogens (tertiary/aromatic N) is 2. The average Bonchev–Trinajstić information content (AvgIpc) is 3.31. The molecule has 3 aliphatic rings. The van der Waals surface area contributed by atoms with E-state index in [1.54, 1.807) is 29.2 Å². The van der Waals surface area contributed by atoms with E-state index in [0.717, 1.165) is 22.4 Å². The second-order valence-electron chi connectivity index (χ2n) is 9.88. The van der Waals surface area contributed by atoms with Gasteiger partial charge in [-0.05, 0) is 81.1 Å². The van der Waals surface area contributed by atoms with Crippen molar-refractivity contribution in [1.82, 2.24) is 0 Å². The standard InChI is InChI=1S/C28H28N2O5/c1-16-4-9-23-24(13-16)27(33)30(26(23)32)20-5-7-22(8-6-20)35-28(34)19-14-25(31)29(15-19)21-11-17(2)10-18(3)12-21/h4-8,10-12,19,23-24H,9,13-15H2,1-3H3/t19-,23+,24-/m1/s1. The van der Waals surface area contributed by atoms with Gasteiger partial charge >= 0.3 is 5.97 Å². The van der Waals surface area contributed by atoms with Crippen LogP contribution in [0.15, 0.2) is 54.1 Å². The Bertz CT molecular complexity index is 1240. The van der Waals surface area contributed by atoms with Crippen molar-refractivity contribution >= 4 is 35.1 Å². The number of amides is 3. The Morgan fingerprint density at radius 2 is 1.51 bits per heavy atom. The van der Waals surface area contributed by atoms with Gasteiger partial charge in [0.1, 0.15) is 5.75 Å². The van der Waals surface area contributed by atoms with Gasteiger partial charge in [-0.25, -0.2) is 0 Å². The van der Waals surface area contributed by atoms with E-state index >= 15 is 0 Å². The Balaban J connectivity index is 1.25. The second-order valence-corrected chi connectivity index (χ2v) is 9.88. The van der Waals surface area contributed by atoms with Crippen molar-refractivity contribution in [3.63, 3.8) is 0 Å². The third kappa shape index (κ3) is 4.27. The van der Waals surface area contributed by atoms with Gasteiger partial charge in [-0.1, -0.05) is 17.7 Å². The smallest absolute Gasteiger partial charge is 0.316 e. The molecule has 2 aliphatic heterocycles. The van der Waals surface area contributed by atoms with Gasteiger partial charge in [0.25, 0.3) is 0 Å². The summed E-state index contributed by atoms with van der Waals surface area (Å²) in [7, 11) is 0. The van der Waals surface area contributed by atoms with Crippen molar-refractivity contribution in [2.45, 2.75) is 40.0 Å². The SMILES string of the molecule is CC1=CC[C@@H]2C(=O)N(c3ccc(OC(=O)[C@@H]4CC(=O)N(c5cc(C)cc(C)c5)C4)cc3)C(=O)[C@@H]2C1. The summed E-state index contributed by atoms with van der Waals surface area (Å²) in [6.45, 7) is 6.20. The molecule has 2 aromatic carbocycles. The van der Waals surface area contributed by atoms with Crippen molar-refractivity contribution in [2.24, 2.45) is 17.8 Å². The number of carbonyl (C=O) groups is 4. The number of carbonyl (C=O) groups excluding carboxylic acids is 4. The minimum absolute atomic E-state index is 0.0942. The Kier molecular flexibility index (Phi) is 5.79. The molecule has 0 N–H and O–H groups in total. The van der Waals surface area contributed by atoms with Crippen molar-refractivity contribution in [3.05, 3.63) is 65.2 Å². The van der Waals surface area contributed by atoms with Crippen LogP contribution in [0.25, 0.3) is 0 Å². The minimum atomic E-state index is -0.566. The van der Waals surface area contributed by atoms with Crippen molar-refractivity contribution in [3.8, 4) is 5.75 Å².